The molecule has 4 aromatic rings. The van der Waals surface area contributed by atoms with Gasteiger partial charge in [-0.05, 0) is 35.8 Å². The number of ether oxygens (including phenoxy) is 4. The molecule has 0 unspecified atom stereocenters. The number of aromatic nitrogens is 1. The number of nitrogens with zero attached hydrogens (tertiary/aromatic N) is 1. The second-order valence-corrected chi connectivity index (χ2v) is 7.02. The zero-order chi connectivity index (χ0) is 19.9. The van der Waals surface area contributed by atoms with Crippen molar-refractivity contribution < 1.29 is 23.6 Å². The standard InChI is InChI=1S/C23H16BNO5/c1-4-15-5-3-11-25-22(15)19(7-1)30-24(16-9-10-18-21(12-16)28-13-26-18)17-6-2-8-20-23(17)29-14-27-20/h1-12H,13-14H2. The van der Waals surface area contributed by atoms with Gasteiger partial charge in [0.1, 0.15) is 11.3 Å². The highest BCUT2D eigenvalue weighted by molar-refractivity contribution is 6.81. The molecule has 0 fully saturated rings. The van der Waals surface area contributed by atoms with E-state index in [1.165, 1.54) is 0 Å². The van der Waals surface area contributed by atoms with Gasteiger partial charge < -0.3 is 23.6 Å². The van der Waals surface area contributed by atoms with Crippen LogP contribution in [0, 0.1) is 0 Å². The maximum absolute atomic E-state index is 6.59. The van der Waals surface area contributed by atoms with Crippen molar-refractivity contribution in [3.8, 4) is 28.7 Å². The average molecular weight is 397 g/mol. The van der Waals surface area contributed by atoms with Gasteiger partial charge in [0.05, 0.1) is 0 Å². The average Bonchev–Trinajstić information content (AvgIpc) is 3.46. The summed E-state index contributed by atoms with van der Waals surface area (Å²) < 4.78 is 29.0. The maximum Gasteiger partial charge on any atom is 0.430 e. The summed E-state index contributed by atoms with van der Waals surface area (Å²) in [5, 5.41) is 1.01. The van der Waals surface area contributed by atoms with Gasteiger partial charge in [0.25, 0.3) is 0 Å². The molecule has 146 valence electrons. The Hall–Kier alpha value is -3.87. The van der Waals surface area contributed by atoms with Gasteiger partial charge in [-0.3, -0.25) is 4.98 Å². The van der Waals surface area contributed by atoms with Gasteiger partial charge in [-0.15, -0.1) is 0 Å². The van der Waals surface area contributed by atoms with Crippen LogP contribution in [0.15, 0.2) is 72.9 Å². The summed E-state index contributed by atoms with van der Waals surface area (Å²) in [6, 6.07) is 21.5. The first-order valence-corrected chi connectivity index (χ1v) is 9.65. The van der Waals surface area contributed by atoms with Crippen molar-refractivity contribution in [2.45, 2.75) is 0 Å². The molecule has 0 saturated carbocycles. The van der Waals surface area contributed by atoms with Crippen LogP contribution in [-0.4, -0.2) is 25.5 Å². The molecular weight excluding hydrogens is 381 g/mol. The molecule has 0 radical (unpaired) electrons. The molecule has 0 aliphatic carbocycles. The fraction of sp³-hybridized carbons (Fsp3) is 0.0870. The quantitative estimate of drug-likeness (QED) is 0.494. The molecule has 3 aromatic carbocycles. The summed E-state index contributed by atoms with van der Waals surface area (Å²) in [5.41, 5.74) is 2.59. The number of rotatable bonds is 4. The minimum atomic E-state index is -0.455. The molecule has 0 spiro atoms. The molecule has 2 aliphatic rings. The third kappa shape index (κ3) is 2.78. The summed E-state index contributed by atoms with van der Waals surface area (Å²) in [6.45, 7) is -0.0469. The first-order chi connectivity index (χ1) is 14.9. The third-order valence-corrected chi connectivity index (χ3v) is 5.25. The Kier molecular flexibility index (Phi) is 3.91. The highest BCUT2D eigenvalue weighted by Crippen LogP contribution is 2.33. The van der Waals surface area contributed by atoms with Crippen LogP contribution in [0.25, 0.3) is 10.9 Å². The van der Waals surface area contributed by atoms with Crippen LogP contribution in [0.1, 0.15) is 0 Å². The van der Waals surface area contributed by atoms with Gasteiger partial charge in [0.2, 0.25) is 13.6 Å². The largest absolute Gasteiger partial charge is 0.550 e. The van der Waals surface area contributed by atoms with E-state index in [9.17, 15) is 0 Å². The van der Waals surface area contributed by atoms with Gasteiger partial charge in [0.15, 0.2) is 23.0 Å². The summed E-state index contributed by atoms with van der Waals surface area (Å²) in [5.74, 6) is 3.50. The van der Waals surface area contributed by atoms with Crippen molar-refractivity contribution in [3.05, 3.63) is 72.9 Å². The van der Waals surface area contributed by atoms with E-state index in [1.54, 1.807) is 6.20 Å². The molecule has 0 saturated heterocycles. The van der Waals surface area contributed by atoms with Crippen molar-refractivity contribution in [1.82, 2.24) is 4.98 Å². The van der Waals surface area contributed by atoms with E-state index in [1.807, 2.05) is 66.7 Å². The monoisotopic (exact) mass is 397 g/mol. The van der Waals surface area contributed by atoms with E-state index in [-0.39, 0.29) is 13.6 Å². The van der Waals surface area contributed by atoms with Gasteiger partial charge in [-0.25, -0.2) is 0 Å². The number of hydrogen-bond acceptors (Lipinski definition) is 6. The van der Waals surface area contributed by atoms with E-state index >= 15 is 0 Å². The molecular formula is C23H16BNO5. The summed E-state index contributed by atoms with van der Waals surface area (Å²) in [7, 11) is 0. The maximum atomic E-state index is 6.59. The molecule has 30 heavy (non-hydrogen) atoms. The Morgan fingerprint density at radius 1 is 0.767 bits per heavy atom. The smallest absolute Gasteiger partial charge is 0.430 e. The lowest BCUT2D eigenvalue weighted by atomic mass is 9.54. The number of benzene rings is 3. The Morgan fingerprint density at radius 2 is 1.60 bits per heavy atom. The van der Waals surface area contributed by atoms with Crippen LogP contribution in [0.3, 0.4) is 0 Å². The fourth-order valence-corrected chi connectivity index (χ4v) is 3.84. The molecule has 6 nitrogen and oxygen atoms in total. The van der Waals surface area contributed by atoms with E-state index in [2.05, 4.69) is 4.98 Å². The molecule has 0 amide bonds. The molecule has 6 rings (SSSR count). The SMILES string of the molecule is c1cc2c(c(B(Oc3cccc4cccnc34)c3ccc4c(c3)OCO4)c1)OCO2. The van der Waals surface area contributed by atoms with Gasteiger partial charge in [-0.1, -0.05) is 36.4 Å². The number of hydrogen-bond donors (Lipinski definition) is 0. The van der Waals surface area contributed by atoms with E-state index < -0.39 is 6.92 Å². The minimum absolute atomic E-state index is 0.191. The number of pyridine rings is 1. The Bertz CT molecular complexity index is 1260. The molecule has 1 aromatic heterocycles. The highest BCUT2D eigenvalue weighted by Gasteiger charge is 2.33. The lowest BCUT2D eigenvalue weighted by Crippen LogP contribution is -2.48. The predicted octanol–water partition coefficient (Wildman–Crippen LogP) is 2.88. The van der Waals surface area contributed by atoms with Crippen LogP contribution in [-0.2, 0) is 0 Å². The highest BCUT2D eigenvalue weighted by atomic mass is 16.7. The number of fused-ring (bicyclic) bond motifs is 3. The zero-order valence-corrected chi connectivity index (χ0v) is 15.9. The molecule has 2 aliphatic heterocycles. The first-order valence-electron chi connectivity index (χ1n) is 9.65. The minimum Gasteiger partial charge on any atom is -0.550 e. The van der Waals surface area contributed by atoms with Crippen molar-refractivity contribution >= 4 is 28.7 Å². The van der Waals surface area contributed by atoms with Gasteiger partial charge >= 0.3 is 6.92 Å². The second kappa shape index (κ2) is 6.88. The summed E-state index contributed by atoms with van der Waals surface area (Å²) >= 11 is 0. The number of para-hydroxylation sites is 2. The van der Waals surface area contributed by atoms with Crippen LogP contribution in [0.2, 0.25) is 0 Å². The topological polar surface area (TPSA) is 59.0 Å². The Morgan fingerprint density at radius 3 is 2.60 bits per heavy atom. The van der Waals surface area contributed by atoms with Crippen molar-refractivity contribution in [3.63, 3.8) is 0 Å². The molecule has 3 heterocycles. The Balaban J connectivity index is 1.50. The van der Waals surface area contributed by atoms with Crippen LogP contribution < -0.4 is 34.5 Å². The second-order valence-electron chi connectivity index (χ2n) is 7.02. The lowest BCUT2D eigenvalue weighted by Gasteiger charge is -2.19. The van der Waals surface area contributed by atoms with Gasteiger partial charge in [0, 0.05) is 17.0 Å². The first kappa shape index (κ1) is 17.0. The third-order valence-electron chi connectivity index (χ3n) is 5.25. The summed E-state index contributed by atoms with van der Waals surface area (Å²) in [4.78, 5) is 4.53. The molecule has 0 atom stereocenters. The normalized spacial score (nSPS) is 13.5. The predicted molar refractivity (Wildman–Crippen MR) is 113 cm³/mol. The van der Waals surface area contributed by atoms with E-state index in [4.69, 9.17) is 23.6 Å². The van der Waals surface area contributed by atoms with Crippen molar-refractivity contribution in [1.29, 1.82) is 0 Å². The Labute approximate surface area is 173 Å². The zero-order valence-electron chi connectivity index (χ0n) is 15.9. The molecule has 7 heteroatoms. The van der Waals surface area contributed by atoms with Crippen molar-refractivity contribution in [2.75, 3.05) is 13.6 Å². The van der Waals surface area contributed by atoms with Gasteiger partial charge in [-0.2, -0.15) is 0 Å². The lowest BCUT2D eigenvalue weighted by molar-refractivity contribution is 0.174. The van der Waals surface area contributed by atoms with Crippen LogP contribution >= 0.6 is 0 Å². The van der Waals surface area contributed by atoms with Crippen molar-refractivity contribution in [2.24, 2.45) is 0 Å². The molecule has 0 bridgehead atoms. The van der Waals surface area contributed by atoms with Crippen LogP contribution in [0.4, 0.5) is 0 Å². The van der Waals surface area contributed by atoms with E-state index in [0.29, 0.717) is 23.0 Å². The molecule has 0 N–H and O–H groups in total. The van der Waals surface area contributed by atoms with E-state index in [0.717, 1.165) is 27.6 Å². The summed E-state index contributed by atoms with van der Waals surface area (Å²) in [6.07, 6.45) is 1.77. The van der Waals surface area contributed by atoms with Crippen LogP contribution in [0.5, 0.6) is 28.7 Å². The fourth-order valence-electron chi connectivity index (χ4n) is 3.84.